The fourth-order valence-electron chi connectivity index (χ4n) is 2.07. The molecular formula is C17H17NO3S. The highest BCUT2D eigenvalue weighted by Gasteiger charge is 2.22. The molecule has 0 radical (unpaired) electrons. The molecule has 0 bridgehead atoms. The molecule has 0 saturated heterocycles. The lowest BCUT2D eigenvalue weighted by molar-refractivity contribution is -0.139. The third-order valence-corrected chi connectivity index (χ3v) is 3.80. The number of hydrogen-bond acceptors (Lipinski definition) is 3. The summed E-state index contributed by atoms with van der Waals surface area (Å²) in [5, 5.41) is 11.9. The van der Waals surface area contributed by atoms with Crippen molar-refractivity contribution in [3.05, 3.63) is 71.3 Å². The summed E-state index contributed by atoms with van der Waals surface area (Å²) >= 11 is 1.70. The zero-order valence-electron chi connectivity index (χ0n) is 12.2. The fraction of sp³-hybridized carbons (Fsp3) is 0.176. The zero-order valence-corrected chi connectivity index (χ0v) is 13.0. The molecule has 5 heteroatoms. The van der Waals surface area contributed by atoms with E-state index in [1.807, 2.05) is 18.4 Å². The van der Waals surface area contributed by atoms with Crippen LogP contribution in [-0.4, -0.2) is 23.2 Å². The van der Waals surface area contributed by atoms with Crippen molar-refractivity contribution in [3.63, 3.8) is 0 Å². The Morgan fingerprint density at radius 3 is 2.27 bits per heavy atom. The molecule has 0 fully saturated rings. The van der Waals surface area contributed by atoms with Crippen LogP contribution in [0.5, 0.6) is 0 Å². The highest BCUT2D eigenvalue weighted by Crippen LogP contribution is 2.15. The second-order valence-electron chi connectivity index (χ2n) is 4.79. The normalized spacial score (nSPS) is 11.7. The van der Waals surface area contributed by atoms with Crippen molar-refractivity contribution in [2.45, 2.75) is 11.8 Å². The first kappa shape index (κ1) is 16.1. The molecule has 0 aliphatic carbocycles. The van der Waals surface area contributed by atoms with Gasteiger partial charge in [-0.15, -0.1) is 0 Å². The van der Waals surface area contributed by atoms with Crippen LogP contribution in [-0.2, 0) is 10.5 Å². The van der Waals surface area contributed by atoms with Gasteiger partial charge in [0.2, 0.25) is 0 Å². The van der Waals surface area contributed by atoms with Crippen LogP contribution < -0.4 is 5.32 Å². The van der Waals surface area contributed by atoms with E-state index in [1.165, 1.54) is 0 Å². The summed E-state index contributed by atoms with van der Waals surface area (Å²) in [6.07, 6.45) is 2.01. The number of benzene rings is 2. The number of hydrogen-bond donors (Lipinski definition) is 2. The maximum absolute atomic E-state index is 12.2. The molecule has 4 nitrogen and oxygen atoms in total. The Hall–Kier alpha value is -2.27. The molecule has 0 aliphatic rings. The van der Waals surface area contributed by atoms with Gasteiger partial charge in [-0.2, -0.15) is 11.8 Å². The number of carbonyl (C=O) groups is 2. The molecule has 2 rings (SSSR count). The number of carboxylic acids is 1. The first-order valence-electron chi connectivity index (χ1n) is 6.78. The molecule has 1 atom stereocenters. The SMILES string of the molecule is CSCc1ccc(C(=O)NC(C(=O)O)c2ccccc2)cc1. The van der Waals surface area contributed by atoms with Crippen LogP contribution in [0.2, 0.25) is 0 Å². The standard InChI is InChI=1S/C17H17NO3S/c1-22-11-12-7-9-14(10-8-12)16(19)18-15(17(20)21)13-5-3-2-4-6-13/h2-10,15H,11H2,1H3,(H,18,19)(H,20,21). The molecule has 22 heavy (non-hydrogen) atoms. The second kappa shape index (κ2) is 7.66. The van der Waals surface area contributed by atoms with Gasteiger partial charge in [-0.1, -0.05) is 42.5 Å². The van der Waals surface area contributed by atoms with Crippen LogP contribution >= 0.6 is 11.8 Å². The van der Waals surface area contributed by atoms with E-state index in [-0.39, 0.29) is 0 Å². The van der Waals surface area contributed by atoms with Crippen molar-refractivity contribution < 1.29 is 14.7 Å². The summed E-state index contributed by atoms with van der Waals surface area (Å²) in [5.41, 5.74) is 2.12. The van der Waals surface area contributed by atoms with Crippen LogP contribution in [0.25, 0.3) is 0 Å². The summed E-state index contributed by atoms with van der Waals surface area (Å²) in [5.74, 6) is -0.602. The summed E-state index contributed by atoms with van der Waals surface area (Å²) in [4.78, 5) is 23.6. The first-order chi connectivity index (χ1) is 10.6. The molecule has 1 unspecified atom stereocenters. The summed E-state index contributed by atoms with van der Waals surface area (Å²) in [6.45, 7) is 0. The third kappa shape index (κ3) is 4.11. The van der Waals surface area contributed by atoms with Gasteiger partial charge in [-0.3, -0.25) is 4.79 Å². The number of amides is 1. The average Bonchev–Trinajstić information content (AvgIpc) is 2.54. The number of rotatable bonds is 6. The predicted octanol–water partition coefficient (Wildman–Crippen LogP) is 3.11. The maximum Gasteiger partial charge on any atom is 0.330 e. The molecule has 2 aromatic carbocycles. The van der Waals surface area contributed by atoms with Gasteiger partial charge >= 0.3 is 5.97 Å². The molecule has 0 saturated carbocycles. The molecular weight excluding hydrogens is 298 g/mol. The van der Waals surface area contributed by atoms with E-state index in [0.29, 0.717) is 11.1 Å². The Kier molecular flexibility index (Phi) is 5.61. The van der Waals surface area contributed by atoms with Gasteiger partial charge in [0.05, 0.1) is 0 Å². The minimum absolute atomic E-state index is 0.396. The van der Waals surface area contributed by atoms with Gasteiger partial charge in [-0.25, -0.2) is 4.79 Å². The van der Waals surface area contributed by atoms with Crippen molar-refractivity contribution in [2.75, 3.05) is 6.26 Å². The molecule has 2 aromatic rings. The predicted molar refractivity (Wildman–Crippen MR) is 87.9 cm³/mol. The van der Waals surface area contributed by atoms with Gasteiger partial charge in [-0.05, 0) is 29.5 Å². The molecule has 0 heterocycles. The number of carbonyl (C=O) groups excluding carboxylic acids is 1. The summed E-state index contributed by atoms with van der Waals surface area (Å²) in [7, 11) is 0. The number of carboxylic acid groups (broad SMARTS) is 1. The van der Waals surface area contributed by atoms with Gasteiger partial charge in [0.1, 0.15) is 0 Å². The Morgan fingerprint density at radius 1 is 1.09 bits per heavy atom. The van der Waals surface area contributed by atoms with E-state index < -0.39 is 17.9 Å². The summed E-state index contributed by atoms with van der Waals surface area (Å²) < 4.78 is 0. The van der Waals surface area contributed by atoms with E-state index in [1.54, 1.807) is 54.2 Å². The van der Waals surface area contributed by atoms with Crippen LogP contribution in [0.3, 0.4) is 0 Å². The van der Waals surface area contributed by atoms with Crippen LogP contribution in [0, 0.1) is 0 Å². The second-order valence-corrected chi connectivity index (χ2v) is 5.65. The molecule has 0 aromatic heterocycles. The van der Waals surface area contributed by atoms with Gasteiger partial charge in [0.25, 0.3) is 5.91 Å². The number of thioether (sulfide) groups is 1. The first-order valence-corrected chi connectivity index (χ1v) is 8.17. The van der Waals surface area contributed by atoms with E-state index in [9.17, 15) is 14.7 Å². The Balaban J connectivity index is 2.13. The Bertz CT molecular complexity index is 641. The van der Waals surface area contributed by atoms with E-state index in [2.05, 4.69) is 5.32 Å². The minimum Gasteiger partial charge on any atom is -0.479 e. The third-order valence-electron chi connectivity index (χ3n) is 3.18. The van der Waals surface area contributed by atoms with Crippen LogP contribution in [0.1, 0.15) is 27.5 Å². The maximum atomic E-state index is 12.2. The number of aliphatic carboxylic acids is 1. The Labute approximate surface area is 133 Å². The molecule has 114 valence electrons. The van der Waals surface area contributed by atoms with Crippen molar-refractivity contribution in [1.82, 2.24) is 5.32 Å². The number of nitrogens with one attached hydrogen (secondary N) is 1. The monoisotopic (exact) mass is 315 g/mol. The van der Waals surface area contributed by atoms with Crippen molar-refractivity contribution in [1.29, 1.82) is 0 Å². The van der Waals surface area contributed by atoms with E-state index in [0.717, 1.165) is 11.3 Å². The zero-order chi connectivity index (χ0) is 15.9. The lowest BCUT2D eigenvalue weighted by Gasteiger charge is -2.15. The smallest absolute Gasteiger partial charge is 0.330 e. The fourth-order valence-corrected chi connectivity index (χ4v) is 2.59. The molecule has 2 N–H and O–H groups in total. The molecule has 0 aliphatic heterocycles. The quantitative estimate of drug-likeness (QED) is 0.859. The minimum atomic E-state index is -1.08. The van der Waals surface area contributed by atoms with Crippen molar-refractivity contribution in [2.24, 2.45) is 0 Å². The Morgan fingerprint density at radius 2 is 1.73 bits per heavy atom. The van der Waals surface area contributed by atoms with Gasteiger partial charge < -0.3 is 10.4 Å². The van der Waals surface area contributed by atoms with Gasteiger partial charge in [0.15, 0.2) is 6.04 Å². The lowest BCUT2D eigenvalue weighted by Crippen LogP contribution is -2.33. The van der Waals surface area contributed by atoms with E-state index in [4.69, 9.17) is 0 Å². The van der Waals surface area contributed by atoms with Crippen molar-refractivity contribution in [3.8, 4) is 0 Å². The van der Waals surface area contributed by atoms with Crippen LogP contribution in [0.15, 0.2) is 54.6 Å². The molecule has 0 spiro atoms. The average molecular weight is 315 g/mol. The lowest BCUT2D eigenvalue weighted by atomic mass is 10.1. The van der Waals surface area contributed by atoms with Gasteiger partial charge in [0, 0.05) is 11.3 Å². The molecule has 1 amide bonds. The topological polar surface area (TPSA) is 66.4 Å². The summed E-state index contributed by atoms with van der Waals surface area (Å²) in [6, 6.07) is 14.8. The van der Waals surface area contributed by atoms with E-state index >= 15 is 0 Å². The van der Waals surface area contributed by atoms with Crippen molar-refractivity contribution >= 4 is 23.6 Å². The largest absolute Gasteiger partial charge is 0.479 e. The van der Waals surface area contributed by atoms with Crippen LogP contribution in [0.4, 0.5) is 0 Å². The highest BCUT2D eigenvalue weighted by atomic mass is 32.2. The highest BCUT2D eigenvalue weighted by molar-refractivity contribution is 7.97.